The molecule has 2 aromatic rings. The number of rotatable bonds is 2. The van der Waals surface area contributed by atoms with Gasteiger partial charge in [-0.1, -0.05) is 11.6 Å². The van der Waals surface area contributed by atoms with E-state index in [9.17, 15) is 0 Å². The summed E-state index contributed by atoms with van der Waals surface area (Å²) in [6.45, 7) is 0. The maximum absolute atomic E-state index is 6.02. The standard InChI is InChI=1S/C10H10ClN3/c11-8-6-13-5-3-7(8)10(12)9-2-1-4-14-9/h1-6,10,14H,12H2. The van der Waals surface area contributed by atoms with Gasteiger partial charge in [-0.3, -0.25) is 4.98 Å². The molecule has 0 spiro atoms. The van der Waals surface area contributed by atoms with Crippen LogP contribution in [0.2, 0.25) is 5.02 Å². The van der Waals surface area contributed by atoms with Crippen LogP contribution in [0.25, 0.3) is 0 Å². The quantitative estimate of drug-likeness (QED) is 0.793. The fourth-order valence-electron chi connectivity index (χ4n) is 1.34. The summed E-state index contributed by atoms with van der Waals surface area (Å²) in [6.07, 6.45) is 5.12. The van der Waals surface area contributed by atoms with Gasteiger partial charge in [0.2, 0.25) is 0 Å². The number of hydrogen-bond donors (Lipinski definition) is 2. The first-order valence-corrected chi connectivity index (χ1v) is 4.65. The molecule has 0 aliphatic rings. The van der Waals surface area contributed by atoms with Crippen molar-refractivity contribution in [2.75, 3.05) is 0 Å². The van der Waals surface area contributed by atoms with Crippen molar-refractivity contribution < 1.29 is 0 Å². The Hall–Kier alpha value is -1.32. The molecular formula is C10H10ClN3. The van der Waals surface area contributed by atoms with Crippen molar-refractivity contribution in [3.63, 3.8) is 0 Å². The van der Waals surface area contributed by atoms with E-state index in [1.54, 1.807) is 12.4 Å². The molecule has 2 aromatic heterocycles. The number of nitrogens with two attached hydrogens (primary N) is 1. The minimum atomic E-state index is -0.222. The summed E-state index contributed by atoms with van der Waals surface area (Å²) in [4.78, 5) is 6.97. The fourth-order valence-corrected chi connectivity index (χ4v) is 1.58. The van der Waals surface area contributed by atoms with E-state index >= 15 is 0 Å². The summed E-state index contributed by atoms with van der Waals surface area (Å²) in [5.41, 5.74) is 7.84. The summed E-state index contributed by atoms with van der Waals surface area (Å²) in [5.74, 6) is 0. The van der Waals surface area contributed by atoms with Gasteiger partial charge in [0, 0.05) is 24.3 Å². The lowest BCUT2D eigenvalue weighted by Gasteiger charge is -2.11. The van der Waals surface area contributed by atoms with Crippen LogP contribution in [0.4, 0.5) is 0 Å². The summed E-state index contributed by atoms with van der Waals surface area (Å²) >= 11 is 5.98. The van der Waals surface area contributed by atoms with Crippen LogP contribution in [0.3, 0.4) is 0 Å². The van der Waals surface area contributed by atoms with E-state index in [1.165, 1.54) is 0 Å². The molecule has 0 saturated heterocycles. The second-order valence-corrected chi connectivity index (χ2v) is 3.41. The van der Waals surface area contributed by atoms with Gasteiger partial charge >= 0.3 is 0 Å². The zero-order valence-electron chi connectivity index (χ0n) is 7.44. The topological polar surface area (TPSA) is 54.7 Å². The van der Waals surface area contributed by atoms with Crippen molar-refractivity contribution in [3.05, 3.63) is 53.1 Å². The number of hydrogen-bond acceptors (Lipinski definition) is 2. The zero-order chi connectivity index (χ0) is 9.97. The van der Waals surface area contributed by atoms with Crippen molar-refractivity contribution in [2.45, 2.75) is 6.04 Å². The van der Waals surface area contributed by atoms with E-state index in [2.05, 4.69) is 9.97 Å². The first-order valence-electron chi connectivity index (χ1n) is 4.27. The predicted octanol–water partition coefficient (Wildman–Crippen LogP) is 2.11. The maximum Gasteiger partial charge on any atom is 0.0719 e. The number of pyridine rings is 1. The molecule has 14 heavy (non-hydrogen) atoms. The third kappa shape index (κ3) is 1.64. The van der Waals surface area contributed by atoms with Crippen molar-refractivity contribution in [3.8, 4) is 0 Å². The van der Waals surface area contributed by atoms with E-state index in [0.29, 0.717) is 5.02 Å². The third-order valence-electron chi connectivity index (χ3n) is 2.10. The Morgan fingerprint density at radius 2 is 2.29 bits per heavy atom. The van der Waals surface area contributed by atoms with Crippen molar-refractivity contribution in [1.29, 1.82) is 0 Å². The second-order valence-electron chi connectivity index (χ2n) is 3.00. The van der Waals surface area contributed by atoms with E-state index in [4.69, 9.17) is 17.3 Å². The lowest BCUT2D eigenvalue weighted by atomic mass is 10.1. The summed E-state index contributed by atoms with van der Waals surface area (Å²) < 4.78 is 0. The van der Waals surface area contributed by atoms with E-state index in [0.717, 1.165) is 11.3 Å². The van der Waals surface area contributed by atoms with Crippen LogP contribution in [0.15, 0.2) is 36.8 Å². The fraction of sp³-hybridized carbons (Fsp3) is 0.100. The lowest BCUT2D eigenvalue weighted by Crippen LogP contribution is -2.12. The van der Waals surface area contributed by atoms with Crippen molar-refractivity contribution in [2.24, 2.45) is 5.73 Å². The molecule has 2 rings (SSSR count). The largest absolute Gasteiger partial charge is 0.363 e. The van der Waals surface area contributed by atoms with Gasteiger partial charge in [0.05, 0.1) is 11.1 Å². The molecule has 0 aliphatic heterocycles. The molecular weight excluding hydrogens is 198 g/mol. The van der Waals surface area contributed by atoms with Crippen molar-refractivity contribution >= 4 is 11.6 Å². The molecule has 0 aromatic carbocycles. The Labute approximate surface area is 86.9 Å². The predicted molar refractivity (Wildman–Crippen MR) is 56.1 cm³/mol. The minimum Gasteiger partial charge on any atom is -0.363 e. The monoisotopic (exact) mass is 207 g/mol. The summed E-state index contributed by atoms with van der Waals surface area (Å²) in [6, 6.07) is 5.44. The minimum absolute atomic E-state index is 0.222. The number of halogens is 1. The molecule has 0 radical (unpaired) electrons. The normalized spacial score (nSPS) is 12.7. The molecule has 4 heteroatoms. The van der Waals surface area contributed by atoms with E-state index < -0.39 is 0 Å². The highest BCUT2D eigenvalue weighted by Crippen LogP contribution is 2.24. The maximum atomic E-state index is 6.02. The number of nitrogens with one attached hydrogen (secondary N) is 1. The van der Waals surface area contributed by atoms with Crippen LogP contribution in [0.1, 0.15) is 17.3 Å². The molecule has 1 atom stereocenters. The summed E-state index contributed by atoms with van der Waals surface area (Å²) in [5, 5.41) is 0.592. The highest BCUT2D eigenvalue weighted by atomic mass is 35.5. The second kappa shape index (κ2) is 3.82. The molecule has 0 fully saturated rings. The van der Waals surface area contributed by atoms with Gasteiger partial charge < -0.3 is 10.7 Å². The molecule has 0 bridgehead atoms. The highest BCUT2D eigenvalue weighted by Gasteiger charge is 2.12. The van der Waals surface area contributed by atoms with Crippen LogP contribution in [-0.2, 0) is 0 Å². The van der Waals surface area contributed by atoms with Gasteiger partial charge in [-0.15, -0.1) is 0 Å². The van der Waals surface area contributed by atoms with Crippen LogP contribution in [-0.4, -0.2) is 9.97 Å². The van der Waals surface area contributed by atoms with E-state index in [-0.39, 0.29) is 6.04 Å². The van der Waals surface area contributed by atoms with Gasteiger partial charge in [-0.2, -0.15) is 0 Å². The van der Waals surface area contributed by atoms with Gasteiger partial charge in [0.15, 0.2) is 0 Å². The molecule has 1 unspecified atom stereocenters. The number of nitrogens with zero attached hydrogens (tertiary/aromatic N) is 1. The average Bonchev–Trinajstić information content (AvgIpc) is 2.70. The highest BCUT2D eigenvalue weighted by molar-refractivity contribution is 6.31. The molecule has 0 aliphatic carbocycles. The molecule has 3 nitrogen and oxygen atoms in total. The molecule has 72 valence electrons. The number of H-pyrrole nitrogens is 1. The summed E-state index contributed by atoms with van der Waals surface area (Å²) in [7, 11) is 0. The Kier molecular flexibility index (Phi) is 2.52. The first-order chi connectivity index (χ1) is 6.79. The average molecular weight is 208 g/mol. The number of aromatic nitrogens is 2. The first kappa shape index (κ1) is 9.24. The lowest BCUT2D eigenvalue weighted by molar-refractivity contribution is 0.836. The van der Waals surface area contributed by atoms with Gasteiger partial charge in [0.1, 0.15) is 0 Å². The zero-order valence-corrected chi connectivity index (χ0v) is 8.20. The van der Waals surface area contributed by atoms with Gasteiger partial charge in [0.25, 0.3) is 0 Å². The Morgan fingerprint density at radius 3 is 2.93 bits per heavy atom. The smallest absolute Gasteiger partial charge is 0.0719 e. The Morgan fingerprint density at radius 1 is 1.43 bits per heavy atom. The Bertz CT molecular complexity index is 411. The van der Waals surface area contributed by atoms with Crippen molar-refractivity contribution in [1.82, 2.24) is 9.97 Å². The van der Waals surface area contributed by atoms with Crippen LogP contribution in [0, 0.1) is 0 Å². The van der Waals surface area contributed by atoms with E-state index in [1.807, 2.05) is 24.4 Å². The molecule has 2 heterocycles. The van der Waals surface area contributed by atoms with Crippen LogP contribution >= 0.6 is 11.6 Å². The molecule has 3 N–H and O–H groups in total. The van der Waals surface area contributed by atoms with Gasteiger partial charge in [-0.25, -0.2) is 0 Å². The van der Waals surface area contributed by atoms with Crippen LogP contribution < -0.4 is 5.73 Å². The third-order valence-corrected chi connectivity index (χ3v) is 2.41. The van der Waals surface area contributed by atoms with Crippen LogP contribution in [0.5, 0.6) is 0 Å². The molecule has 0 amide bonds. The van der Waals surface area contributed by atoms with Gasteiger partial charge in [-0.05, 0) is 23.8 Å². The Balaban J connectivity index is 2.37. The molecule has 0 saturated carbocycles. The SMILES string of the molecule is NC(c1ccc[nH]1)c1ccncc1Cl. The number of aromatic amines is 1.